The van der Waals surface area contributed by atoms with E-state index in [1.54, 1.807) is 6.07 Å². The Morgan fingerprint density at radius 1 is 1.26 bits per heavy atom. The molecule has 0 saturated carbocycles. The zero-order valence-corrected chi connectivity index (χ0v) is 10.8. The van der Waals surface area contributed by atoms with Crippen LogP contribution in [0.3, 0.4) is 0 Å². The van der Waals surface area contributed by atoms with E-state index in [0.717, 1.165) is 0 Å². The second kappa shape index (κ2) is 5.28. The van der Waals surface area contributed by atoms with Crippen molar-refractivity contribution in [1.82, 2.24) is 5.32 Å². The smallest absolute Gasteiger partial charge is 0.253 e. The Labute approximate surface area is 114 Å². The van der Waals surface area contributed by atoms with Gasteiger partial charge in [0, 0.05) is 17.6 Å². The number of hydrogen-bond acceptors (Lipinski definition) is 2. The third-order valence-corrected chi connectivity index (χ3v) is 2.95. The van der Waals surface area contributed by atoms with Crippen molar-refractivity contribution < 1.29 is 14.3 Å². The summed E-state index contributed by atoms with van der Waals surface area (Å²) in [6.07, 6.45) is 0. The number of carbonyl (C=O) groups is 1. The largest absolute Gasteiger partial charge is 0.507 e. The molecule has 0 aliphatic carbocycles. The number of halogens is 2. The second-order valence-electron chi connectivity index (χ2n) is 3.94. The lowest BCUT2D eigenvalue weighted by Gasteiger charge is -2.08. The van der Waals surface area contributed by atoms with Crippen molar-refractivity contribution in [3.05, 3.63) is 52.8 Å². The van der Waals surface area contributed by atoms with Gasteiger partial charge in [-0.3, -0.25) is 4.79 Å². The van der Waals surface area contributed by atoms with E-state index in [1.165, 1.54) is 37.4 Å². The summed E-state index contributed by atoms with van der Waals surface area (Å²) in [5, 5.41) is 12.5. The van der Waals surface area contributed by atoms with Crippen molar-refractivity contribution in [2.75, 3.05) is 7.05 Å². The Morgan fingerprint density at radius 2 is 2.00 bits per heavy atom. The van der Waals surface area contributed by atoms with E-state index < -0.39 is 11.7 Å². The Kier molecular flexibility index (Phi) is 3.71. The predicted octanol–water partition coefficient (Wildman–Crippen LogP) is 3.21. The lowest BCUT2D eigenvalue weighted by Crippen LogP contribution is -2.19. The highest BCUT2D eigenvalue weighted by molar-refractivity contribution is 6.31. The summed E-state index contributed by atoms with van der Waals surface area (Å²) in [7, 11) is 1.43. The molecule has 19 heavy (non-hydrogen) atoms. The molecule has 5 heteroatoms. The van der Waals surface area contributed by atoms with Crippen LogP contribution in [0, 0.1) is 5.82 Å². The normalized spacial score (nSPS) is 10.3. The zero-order valence-electron chi connectivity index (χ0n) is 10.1. The van der Waals surface area contributed by atoms with Crippen molar-refractivity contribution in [3.63, 3.8) is 0 Å². The van der Waals surface area contributed by atoms with Gasteiger partial charge in [0.1, 0.15) is 11.6 Å². The van der Waals surface area contributed by atoms with E-state index in [2.05, 4.69) is 5.32 Å². The Balaban J connectivity index is 2.50. The molecule has 0 aliphatic heterocycles. The zero-order chi connectivity index (χ0) is 14.0. The summed E-state index contributed by atoms with van der Waals surface area (Å²) in [6, 6.07) is 8.61. The SMILES string of the molecule is CNC(=O)c1ccc(-c2cc(Cl)ccc2O)cc1F. The number of rotatable bonds is 2. The Bertz CT molecular complexity index is 643. The third-order valence-electron chi connectivity index (χ3n) is 2.71. The van der Waals surface area contributed by atoms with E-state index in [4.69, 9.17) is 11.6 Å². The summed E-state index contributed by atoms with van der Waals surface area (Å²) in [5.41, 5.74) is 0.813. The van der Waals surface area contributed by atoms with Gasteiger partial charge < -0.3 is 10.4 Å². The fourth-order valence-electron chi connectivity index (χ4n) is 1.74. The van der Waals surface area contributed by atoms with Crippen LogP contribution in [-0.2, 0) is 0 Å². The van der Waals surface area contributed by atoms with Gasteiger partial charge in [-0.15, -0.1) is 0 Å². The minimum absolute atomic E-state index is 0.00325. The van der Waals surface area contributed by atoms with Crippen molar-refractivity contribution in [3.8, 4) is 16.9 Å². The standard InChI is InChI=1S/C14H11ClFNO2/c1-17-14(19)10-4-2-8(6-12(10)16)11-7-9(15)3-5-13(11)18/h2-7,18H,1H3,(H,17,19). The molecule has 0 bridgehead atoms. The van der Waals surface area contributed by atoms with Gasteiger partial charge >= 0.3 is 0 Å². The first-order valence-electron chi connectivity index (χ1n) is 5.53. The molecule has 0 aromatic heterocycles. The molecule has 98 valence electrons. The van der Waals surface area contributed by atoms with Crippen LogP contribution in [-0.4, -0.2) is 18.1 Å². The van der Waals surface area contributed by atoms with Gasteiger partial charge in [0.2, 0.25) is 0 Å². The van der Waals surface area contributed by atoms with Gasteiger partial charge in [-0.25, -0.2) is 4.39 Å². The van der Waals surface area contributed by atoms with Crippen molar-refractivity contribution in [2.45, 2.75) is 0 Å². The maximum Gasteiger partial charge on any atom is 0.253 e. The fraction of sp³-hybridized carbons (Fsp3) is 0.0714. The van der Waals surface area contributed by atoms with Crippen LogP contribution in [0.25, 0.3) is 11.1 Å². The quantitative estimate of drug-likeness (QED) is 0.887. The molecule has 0 saturated heterocycles. The van der Waals surface area contributed by atoms with Gasteiger partial charge in [0.15, 0.2) is 0 Å². The van der Waals surface area contributed by atoms with E-state index in [-0.39, 0.29) is 11.3 Å². The first-order chi connectivity index (χ1) is 9.02. The monoisotopic (exact) mass is 279 g/mol. The minimum atomic E-state index is -0.656. The number of hydrogen-bond donors (Lipinski definition) is 2. The number of aromatic hydroxyl groups is 1. The van der Waals surface area contributed by atoms with Crippen molar-refractivity contribution in [2.24, 2.45) is 0 Å². The number of amides is 1. The molecule has 3 nitrogen and oxygen atoms in total. The molecule has 0 spiro atoms. The first kappa shape index (κ1) is 13.4. The molecule has 1 amide bonds. The van der Waals surface area contributed by atoms with Gasteiger partial charge in [-0.05, 0) is 35.9 Å². The molecule has 0 aliphatic rings. The summed E-state index contributed by atoms with van der Waals surface area (Å²) in [5.74, 6) is -1.16. The average molecular weight is 280 g/mol. The van der Waals surface area contributed by atoms with E-state index in [1.807, 2.05) is 0 Å². The van der Waals surface area contributed by atoms with Gasteiger partial charge in [0.25, 0.3) is 5.91 Å². The highest BCUT2D eigenvalue weighted by Crippen LogP contribution is 2.32. The summed E-state index contributed by atoms with van der Waals surface area (Å²) >= 11 is 5.84. The van der Waals surface area contributed by atoms with Gasteiger partial charge in [0.05, 0.1) is 5.56 Å². The molecule has 0 fully saturated rings. The molecule has 2 N–H and O–H groups in total. The van der Waals surface area contributed by atoms with E-state index in [9.17, 15) is 14.3 Å². The van der Waals surface area contributed by atoms with Crippen LogP contribution in [0.1, 0.15) is 10.4 Å². The highest BCUT2D eigenvalue weighted by atomic mass is 35.5. The number of benzene rings is 2. The summed E-state index contributed by atoms with van der Waals surface area (Å²) in [4.78, 5) is 11.4. The van der Waals surface area contributed by atoms with E-state index in [0.29, 0.717) is 16.1 Å². The number of phenolic OH excluding ortho intramolecular Hbond substituents is 1. The molecule has 0 atom stereocenters. The maximum absolute atomic E-state index is 13.8. The van der Waals surface area contributed by atoms with Crippen LogP contribution in [0.4, 0.5) is 4.39 Å². The summed E-state index contributed by atoms with van der Waals surface area (Å²) < 4.78 is 13.8. The molecule has 0 unspecified atom stereocenters. The lowest BCUT2D eigenvalue weighted by atomic mass is 10.0. The molecular formula is C14H11ClFNO2. The topological polar surface area (TPSA) is 49.3 Å². The number of nitrogens with one attached hydrogen (secondary N) is 1. The lowest BCUT2D eigenvalue weighted by molar-refractivity contribution is 0.0959. The minimum Gasteiger partial charge on any atom is -0.507 e. The molecular weight excluding hydrogens is 269 g/mol. The van der Waals surface area contributed by atoms with Crippen LogP contribution in [0.2, 0.25) is 5.02 Å². The van der Waals surface area contributed by atoms with Crippen molar-refractivity contribution in [1.29, 1.82) is 0 Å². The first-order valence-corrected chi connectivity index (χ1v) is 5.91. The third kappa shape index (κ3) is 2.69. The summed E-state index contributed by atoms with van der Waals surface area (Å²) in [6.45, 7) is 0. The average Bonchev–Trinajstić information content (AvgIpc) is 2.40. The van der Waals surface area contributed by atoms with Crippen LogP contribution < -0.4 is 5.32 Å². The predicted molar refractivity (Wildman–Crippen MR) is 71.9 cm³/mol. The molecule has 2 aromatic carbocycles. The van der Waals surface area contributed by atoms with Crippen LogP contribution in [0.15, 0.2) is 36.4 Å². The Hall–Kier alpha value is -2.07. The van der Waals surface area contributed by atoms with Crippen molar-refractivity contribution >= 4 is 17.5 Å². The molecule has 2 aromatic rings. The van der Waals surface area contributed by atoms with Crippen LogP contribution >= 0.6 is 11.6 Å². The number of carbonyl (C=O) groups excluding carboxylic acids is 1. The molecule has 0 heterocycles. The van der Waals surface area contributed by atoms with E-state index >= 15 is 0 Å². The van der Waals surface area contributed by atoms with Gasteiger partial charge in [-0.1, -0.05) is 17.7 Å². The maximum atomic E-state index is 13.8. The number of phenols is 1. The highest BCUT2D eigenvalue weighted by Gasteiger charge is 2.13. The van der Waals surface area contributed by atoms with Gasteiger partial charge in [-0.2, -0.15) is 0 Å². The molecule has 2 rings (SSSR count). The molecule has 0 radical (unpaired) electrons. The van der Waals surface area contributed by atoms with Crippen LogP contribution in [0.5, 0.6) is 5.75 Å². The fourth-order valence-corrected chi connectivity index (χ4v) is 1.91. The Morgan fingerprint density at radius 3 is 2.63 bits per heavy atom. The second-order valence-corrected chi connectivity index (χ2v) is 4.37.